The number of benzene rings is 2. The normalized spacial score (nSPS) is 13.5. The first-order valence-electron chi connectivity index (χ1n) is 8.03. The fourth-order valence-corrected chi connectivity index (χ4v) is 5.53. The molecule has 0 saturated heterocycles. The van der Waals surface area contributed by atoms with Gasteiger partial charge in [-0.05, 0) is 29.7 Å². The topological polar surface area (TPSA) is 221 Å². The van der Waals surface area contributed by atoms with E-state index >= 15 is 0 Å². The molecule has 17 heteroatoms. The molecule has 0 saturated carbocycles. The van der Waals surface area contributed by atoms with Crippen LogP contribution >= 0.6 is 0 Å². The molecule has 4 N–H and O–H groups in total. The van der Waals surface area contributed by atoms with E-state index in [0.29, 0.717) is 5.39 Å². The number of hydrogen-bond acceptors (Lipinski definition) is 11. The Labute approximate surface area is 178 Å². The van der Waals surface area contributed by atoms with E-state index in [-0.39, 0.29) is 20.9 Å². The summed E-state index contributed by atoms with van der Waals surface area (Å²) >= 11 is 0. The Morgan fingerprint density at radius 2 is 1.16 bits per heavy atom. The quantitative estimate of drug-likeness (QED) is 0.269. The van der Waals surface area contributed by atoms with Crippen molar-refractivity contribution in [2.75, 3.05) is 30.5 Å². The molecule has 0 aliphatic carbocycles. The maximum absolute atomic E-state index is 12.4. The first-order valence-corrected chi connectivity index (χ1v) is 14.1. The van der Waals surface area contributed by atoms with E-state index in [0.717, 1.165) is 18.2 Å². The van der Waals surface area contributed by atoms with Gasteiger partial charge in [-0.3, -0.25) is 9.11 Å². The van der Waals surface area contributed by atoms with Gasteiger partial charge in [0.05, 0.1) is 34.5 Å². The van der Waals surface area contributed by atoms with Crippen LogP contribution in [0.25, 0.3) is 10.8 Å². The maximum atomic E-state index is 12.4. The van der Waals surface area contributed by atoms with Crippen molar-refractivity contribution in [2.24, 2.45) is 0 Å². The van der Waals surface area contributed by atoms with Crippen molar-refractivity contribution >= 4 is 56.9 Å². The molecule has 0 heterocycles. The van der Waals surface area contributed by atoms with Gasteiger partial charge >= 0.3 is 20.8 Å². The van der Waals surface area contributed by atoms with Gasteiger partial charge in [0.2, 0.25) is 0 Å². The lowest BCUT2D eigenvalue weighted by Crippen LogP contribution is -2.16. The summed E-state index contributed by atoms with van der Waals surface area (Å²) in [5, 5.41) is 0.437. The van der Waals surface area contributed by atoms with E-state index in [1.54, 1.807) is 0 Å². The fraction of sp³-hybridized carbons (Fsp3) is 0.286. The second-order valence-electron chi connectivity index (χ2n) is 6.03. The van der Waals surface area contributed by atoms with Crippen LogP contribution in [0.1, 0.15) is 0 Å². The van der Waals surface area contributed by atoms with Crippen LogP contribution in [0.3, 0.4) is 0 Å². The lowest BCUT2D eigenvalue weighted by Gasteiger charge is -2.10. The molecule has 0 unspecified atom stereocenters. The molecule has 0 radical (unpaired) electrons. The molecule has 0 aliphatic rings. The summed E-state index contributed by atoms with van der Waals surface area (Å²) in [6.07, 6.45) is 0. The zero-order valence-electron chi connectivity index (χ0n) is 15.4. The predicted octanol–water partition coefficient (Wildman–Crippen LogP) is -0.392. The highest BCUT2D eigenvalue weighted by molar-refractivity contribution is 7.91. The Kier molecular flexibility index (Phi) is 7.33. The number of sulfone groups is 2. The van der Waals surface area contributed by atoms with Gasteiger partial charge in [0.25, 0.3) is 0 Å². The molecule has 0 aromatic heterocycles. The smallest absolute Gasteiger partial charge is 0.397 e. The van der Waals surface area contributed by atoms with E-state index in [1.807, 2.05) is 0 Å². The van der Waals surface area contributed by atoms with Gasteiger partial charge in [0.15, 0.2) is 19.7 Å². The molecule has 0 spiro atoms. The van der Waals surface area contributed by atoms with Gasteiger partial charge in [-0.1, -0.05) is 6.07 Å². The van der Waals surface area contributed by atoms with E-state index in [4.69, 9.17) is 14.8 Å². The minimum absolute atomic E-state index is 0.00886. The van der Waals surface area contributed by atoms with Crippen molar-refractivity contribution in [3.05, 3.63) is 30.3 Å². The third-order valence-corrected chi connectivity index (χ3v) is 8.08. The number of anilines is 1. The number of rotatable bonds is 10. The zero-order chi connectivity index (χ0) is 23.7. The predicted molar refractivity (Wildman–Crippen MR) is 107 cm³/mol. The number of fused-ring (bicyclic) bond motifs is 1. The van der Waals surface area contributed by atoms with Gasteiger partial charge in [-0.2, -0.15) is 16.8 Å². The summed E-state index contributed by atoms with van der Waals surface area (Å²) in [6, 6.07) is 5.82. The van der Waals surface area contributed by atoms with Crippen LogP contribution in [0.2, 0.25) is 0 Å². The molecular weight excluding hydrogens is 502 g/mol. The van der Waals surface area contributed by atoms with E-state index in [2.05, 4.69) is 8.37 Å². The summed E-state index contributed by atoms with van der Waals surface area (Å²) in [5.74, 6) is -1.61. The van der Waals surface area contributed by atoms with Crippen LogP contribution in [0.5, 0.6) is 0 Å². The second kappa shape index (κ2) is 8.94. The third kappa shape index (κ3) is 7.35. The Hall–Kier alpha value is -1.86. The molecule has 174 valence electrons. The molecule has 0 amide bonds. The summed E-state index contributed by atoms with van der Waals surface area (Å²) in [5.41, 5.74) is 5.83. The van der Waals surface area contributed by atoms with Crippen molar-refractivity contribution < 1.29 is 51.1 Å². The lowest BCUT2D eigenvalue weighted by atomic mass is 10.1. The molecule has 0 atom stereocenters. The van der Waals surface area contributed by atoms with Crippen LogP contribution in [0.4, 0.5) is 5.69 Å². The first-order chi connectivity index (χ1) is 14.0. The van der Waals surface area contributed by atoms with Gasteiger partial charge in [-0.15, -0.1) is 0 Å². The maximum Gasteiger partial charge on any atom is 0.397 e. The Bertz CT molecular complexity index is 1410. The van der Waals surface area contributed by atoms with Gasteiger partial charge < -0.3 is 5.73 Å². The fourth-order valence-electron chi connectivity index (χ4n) is 2.46. The lowest BCUT2D eigenvalue weighted by molar-refractivity contribution is 0.282. The summed E-state index contributed by atoms with van der Waals surface area (Å²) in [6.45, 7) is -1.70. The van der Waals surface area contributed by atoms with Crippen molar-refractivity contribution in [1.82, 2.24) is 0 Å². The molecule has 31 heavy (non-hydrogen) atoms. The minimum atomic E-state index is -4.83. The standard InChI is InChI=1S/C14H17NO12S4/c15-14-9-12(29(18,19)6-4-27-31(23,24)25)8-10-7-11(1-2-13(10)14)28(16,17)5-3-26-30(20,21)22/h1-2,7-9H,3-6,15H2,(H,20,21,22)(H,23,24,25). The van der Waals surface area contributed by atoms with Crippen molar-refractivity contribution in [3.63, 3.8) is 0 Å². The average Bonchev–Trinajstić information content (AvgIpc) is 2.58. The van der Waals surface area contributed by atoms with Crippen molar-refractivity contribution in [2.45, 2.75) is 9.79 Å². The molecule has 2 rings (SSSR count). The van der Waals surface area contributed by atoms with Crippen LogP contribution in [-0.2, 0) is 48.8 Å². The van der Waals surface area contributed by atoms with Gasteiger partial charge in [0.1, 0.15) is 0 Å². The van der Waals surface area contributed by atoms with Gasteiger partial charge in [-0.25, -0.2) is 25.2 Å². The Morgan fingerprint density at radius 3 is 1.65 bits per heavy atom. The Morgan fingerprint density at radius 1 is 0.710 bits per heavy atom. The molecule has 0 fully saturated rings. The van der Waals surface area contributed by atoms with Crippen LogP contribution in [-0.4, -0.2) is 67.5 Å². The van der Waals surface area contributed by atoms with Crippen molar-refractivity contribution in [1.29, 1.82) is 0 Å². The molecule has 2 aromatic carbocycles. The minimum Gasteiger partial charge on any atom is -0.398 e. The van der Waals surface area contributed by atoms with Gasteiger partial charge in [0, 0.05) is 11.1 Å². The van der Waals surface area contributed by atoms with E-state index < -0.39 is 65.2 Å². The summed E-state index contributed by atoms with van der Waals surface area (Å²) in [4.78, 5) is -0.636. The average molecular weight is 520 g/mol. The number of nitrogen functional groups attached to an aromatic ring is 1. The van der Waals surface area contributed by atoms with E-state index in [9.17, 15) is 33.7 Å². The van der Waals surface area contributed by atoms with Crippen molar-refractivity contribution in [3.8, 4) is 0 Å². The number of hydrogen-bond donors (Lipinski definition) is 3. The molecule has 0 aliphatic heterocycles. The second-order valence-corrected chi connectivity index (χ2v) is 12.4. The SMILES string of the molecule is Nc1cc(S(=O)(=O)CCOS(=O)(=O)O)cc2cc(S(=O)(=O)CCOS(=O)(=O)O)ccc12. The molecule has 2 aromatic rings. The molecule has 13 nitrogen and oxygen atoms in total. The zero-order valence-corrected chi connectivity index (χ0v) is 18.7. The monoisotopic (exact) mass is 519 g/mol. The molecular formula is C14H17NO12S4. The number of nitrogens with two attached hydrogens (primary N) is 1. The highest BCUT2D eigenvalue weighted by atomic mass is 32.3. The highest BCUT2D eigenvalue weighted by Gasteiger charge is 2.21. The highest BCUT2D eigenvalue weighted by Crippen LogP contribution is 2.29. The molecule has 0 bridgehead atoms. The van der Waals surface area contributed by atoms with Crippen LogP contribution in [0, 0.1) is 0 Å². The summed E-state index contributed by atoms with van der Waals surface area (Å²) < 4.78 is 117. The third-order valence-electron chi connectivity index (χ3n) is 3.82. The van der Waals surface area contributed by atoms with Crippen LogP contribution in [0.15, 0.2) is 40.1 Å². The summed E-state index contributed by atoms with van der Waals surface area (Å²) in [7, 11) is -17.8. The van der Waals surface area contributed by atoms with E-state index in [1.165, 1.54) is 12.1 Å². The van der Waals surface area contributed by atoms with Crippen LogP contribution < -0.4 is 5.73 Å². The first kappa shape index (κ1) is 25.4. The Balaban J connectivity index is 2.37. The largest absolute Gasteiger partial charge is 0.398 e.